The van der Waals surface area contributed by atoms with Crippen LogP contribution in [0, 0.1) is 0 Å². The van der Waals surface area contributed by atoms with Crippen LogP contribution in [0.4, 0.5) is 0 Å². The van der Waals surface area contributed by atoms with Gasteiger partial charge in [0.2, 0.25) is 0 Å². The summed E-state index contributed by atoms with van der Waals surface area (Å²) < 4.78 is 0. The fraction of sp³-hybridized carbons (Fsp3) is 0.280. The molecule has 0 bridgehead atoms. The molecule has 1 N–H and O–H groups in total. The first-order valence-corrected chi connectivity index (χ1v) is 10.9. The molecular formula is C25H29NS. The molecule has 0 fully saturated rings. The van der Waals surface area contributed by atoms with Gasteiger partial charge in [-0.3, -0.25) is 0 Å². The van der Waals surface area contributed by atoms with Crippen molar-refractivity contribution in [2.24, 2.45) is 0 Å². The zero-order valence-electron chi connectivity index (χ0n) is 16.1. The molecule has 0 saturated heterocycles. The summed E-state index contributed by atoms with van der Waals surface area (Å²) in [5.41, 5.74) is 4.19. The molecule has 0 heterocycles. The Hall–Kier alpha value is -2.03. The van der Waals surface area contributed by atoms with E-state index in [1.54, 1.807) is 0 Å². The maximum Gasteiger partial charge on any atom is 0.0547 e. The van der Waals surface area contributed by atoms with Gasteiger partial charge in [-0.2, -0.15) is 0 Å². The Bertz CT molecular complexity index is 719. The molecule has 0 aromatic heterocycles. The minimum Gasteiger partial charge on any atom is -0.313 e. The van der Waals surface area contributed by atoms with Gasteiger partial charge in [-0.15, -0.1) is 11.8 Å². The average Bonchev–Trinajstić information content (AvgIpc) is 2.74. The molecule has 1 atom stereocenters. The van der Waals surface area contributed by atoms with Crippen LogP contribution in [0.3, 0.4) is 0 Å². The van der Waals surface area contributed by atoms with E-state index in [-0.39, 0.29) is 0 Å². The summed E-state index contributed by atoms with van der Waals surface area (Å²) >= 11 is 2.02. The summed E-state index contributed by atoms with van der Waals surface area (Å²) in [5.74, 6) is 1.10. The summed E-state index contributed by atoms with van der Waals surface area (Å²) in [7, 11) is 0. The zero-order chi connectivity index (χ0) is 18.7. The van der Waals surface area contributed by atoms with Crippen molar-refractivity contribution in [3.05, 3.63) is 108 Å². The minimum absolute atomic E-state index is 0.397. The third-order valence-corrected chi connectivity index (χ3v) is 6.11. The van der Waals surface area contributed by atoms with E-state index >= 15 is 0 Å². The quantitative estimate of drug-likeness (QED) is 0.428. The lowest BCUT2D eigenvalue weighted by atomic mass is 10.0. The van der Waals surface area contributed by atoms with Gasteiger partial charge in [0.25, 0.3) is 0 Å². The molecule has 140 valence electrons. The Morgan fingerprint density at radius 3 is 1.81 bits per heavy atom. The first kappa shape index (κ1) is 19.7. The Balaban J connectivity index is 1.46. The predicted octanol–water partition coefficient (Wildman–Crippen LogP) is 6.12. The van der Waals surface area contributed by atoms with Crippen molar-refractivity contribution >= 4 is 11.8 Å². The van der Waals surface area contributed by atoms with Gasteiger partial charge in [0.15, 0.2) is 0 Å². The molecule has 0 saturated carbocycles. The van der Waals surface area contributed by atoms with Crippen LogP contribution in [0.1, 0.15) is 35.3 Å². The molecule has 0 radical (unpaired) electrons. The highest BCUT2D eigenvalue weighted by molar-refractivity contribution is 7.99. The summed E-state index contributed by atoms with van der Waals surface area (Å²) in [6.45, 7) is 3.33. The molecule has 1 nitrogen and oxygen atoms in total. The molecule has 0 spiro atoms. The van der Waals surface area contributed by atoms with Gasteiger partial charge in [-0.05, 0) is 36.5 Å². The lowest BCUT2D eigenvalue weighted by Crippen LogP contribution is -2.28. The first-order chi connectivity index (χ1) is 13.3. The second-order valence-corrected chi connectivity index (χ2v) is 8.16. The number of aryl methyl sites for hydroxylation is 1. The highest BCUT2D eigenvalue weighted by Crippen LogP contribution is 2.35. The van der Waals surface area contributed by atoms with Gasteiger partial charge in [0, 0.05) is 18.3 Å². The minimum atomic E-state index is 0.397. The summed E-state index contributed by atoms with van der Waals surface area (Å²) in [4.78, 5) is 0. The van der Waals surface area contributed by atoms with Gasteiger partial charge in [-0.25, -0.2) is 0 Å². The van der Waals surface area contributed by atoms with E-state index in [0.29, 0.717) is 11.3 Å². The van der Waals surface area contributed by atoms with Crippen molar-refractivity contribution in [3.63, 3.8) is 0 Å². The summed E-state index contributed by atoms with van der Waals surface area (Å²) in [5, 5.41) is 4.09. The maximum atomic E-state index is 3.69. The standard InChI is InChI=1S/C25H29NS/c1-21(17-18-22-11-5-2-6-12-22)26-19-20-27-25(23-13-7-3-8-14-23)24-15-9-4-10-16-24/h2-16,21,25-26H,17-20H2,1H3. The highest BCUT2D eigenvalue weighted by Gasteiger charge is 2.14. The van der Waals surface area contributed by atoms with Crippen molar-refractivity contribution in [2.75, 3.05) is 12.3 Å². The second-order valence-electron chi connectivity index (χ2n) is 6.95. The second kappa shape index (κ2) is 11.0. The number of thioether (sulfide) groups is 1. The highest BCUT2D eigenvalue weighted by atomic mass is 32.2. The first-order valence-electron chi connectivity index (χ1n) is 9.82. The fourth-order valence-corrected chi connectivity index (χ4v) is 4.42. The molecule has 3 aromatic carbocycles. The number of benzene rings is 3. The summed E-state index contributed by atoms with van der Waals surface area (Å²) in [6.07, 6.45) is 2.31. The van der Waals surface area contributed by atoms with Crippen LogP contribution in [0.25, 0.3) is 0 Å². The third-order valence-electron chi connectivity index (χ3n) is 4.79. The SMILES string of the molecule is CC(CCc1ccccc1)NCCSC(c1ccccc1)c1ccccc1. The van der Waals surface area contributed by atoms with Crippen molar-refractivity contribution in [2.45, 2.75) is 31.1 Å². The number of hydrogen-bond donors (Lipinski definition) is 1. The Kier molecular flexibility index (Phi) is 8.01. The zero-order valence-corrected chi connectivity index (χ0v) is 16.9. The molecule has 2 heteroatoms. The van der Waals surface area contributed by atoms with Gasteiger partial charge in [0.05, 0.1) is 5.25 Å². The van der Waals surface area contributed by atoms with Gasteiger partial charge in [-0.1, -0.05) is 91.0 Å². The average molecular weight is 376 g/mol. The molecule has 0 aliphatic heterocycles. The monoisotopic (exact) mass is 375 g/mol. The fourth-order valence-electron chi connectivity index (χ4n) is 3.25. The van der Waals surface area contributed by atoms with Crippen molar-refractivity contribution in [1.82, 2.24) is 5.32 Å². The normalized spacial score (nSPS) is 12.2. The van der Waals surface area contributed by atoms with E-state index in [0.717, 1.165) is 18.7 Å². The van der Waals surface area contributed by atoms with Crippen LogP contribution in [0.2, 0.25) is 0 Å². The Morgan fingerprint density at radius 1 is 0.741 bits per heavy atom. The third kappa shape index (κ3) is 6.57. The van der Waals surface area contributed by atoms with E-state index < -0.39 is 0 Å². The number of nitrogens with one attached hydrogen (secondary N) is 1. The van der Waals surface area contributed by atoms with Crippen LogP contribution in [0.5, 0.6) is 0 Å². The number of hydrogen-bond acceptors (Lipinski definition) is 2. The molecule has 0 aliphatic rings. The molecule has 0 aliphatic carbocycles. The van der Waals surface area contributed by atoms with Crippen LogP contribution >= 0.6 is 11.8 Å². The topological polar surface area (TPSA) is 12.0 Å². The lowest BCUT2D eigenvalue weighted by molar-refractivity contribution is 0.532. The van der Waals surface area contributed by atoms with Crippen LogP contribution in [-0.2, 0) is 6.42 Å². The number of rotatable bonds is 10. The van der Waals surface area contributed by atoms with Crippen LogP contribution < -0.4 is 5.32 Å². The lowest BCUT2D eigenvalue weighted by Gasteiger charge is -2.19. The van der Waals surface area contributed by atoms with E-state index in [9.17, 15) is 0 Å². The Labute approximate surface area is 168 Å². The van der Waals surface area contributed by atoms with Crippen LogP contribution in [0.15, 0.2) is 91.0 Å². The summed E-state index contributed by atoms with van der Waals surface area (Å²) in [6, 6.07) is 33.0. The molecule has 27 heavy (non-hydrogen) atoms. The predicted molar refractivity (Wildman–Crippen MR) is 119 cm³/mol. The van der Waals surface area contributed by atoms with Gasteiger partial charge < -0.3 is 5.32 Å². The van der Waals surface area contributed by atoms with E-state index in [1.165, 1.54) is 23.1 Å². The molecular weight excluding hydrogens is 346 g/mol. The molecule has 0 amide bonds. The molecule has 3 rings (SSSR count). The largest absolute Gasteiger partial charge is 0.313 e. The maximum absolute atomic E-state index is 3.69. The van der Waals surface area contributed by atoms with Gasteiger partial charge >= 0.3 is 0 Å². The van der Waals surface area contributed by atoms with Gasteiger partial charge in [0.1, 0.15) is 0 Å². The molecule has 3 aromatic rings. The van der Waals surface area contributed by atoms with Crippen molar-refractivity contribution in [3.8, 4) is 0 Å². The Morgan fingerprint density at radius 2 is 1.26 bits per heavy atom. The van der Waals surface area contributed by atoms with E-state index in [2.05, 4.69) is 103 Å². The van der Waals surface area contributed by atoms with E-state index in [4.69, 9.17) is 0 Å². The van der Waals surface area contributed by atoms with Crippen molar-refractivity contribution < 1.29 is 0 Å². The van der Waals surface area contributed by atoms with Crippen LogP contribution in [-0.4, -0.2) is 18.3 Å². The van der Waals surface area contributed by atoms with Crippen molar-refractivity contribution in [1.29, 1.82) is 0 Å². The smallest absolute Gasteiger partial charge is 0.0547 e. The van der Waals surface area contributed by atoms with E-state index in [1.807, 2.05) is 11.8 Å². The molecule has 1 unspecified atom stereocenters.